The number of carboxylic acid groups (broad SMARTS) is 1. The van der Waals surface area contributed by atoms with Crippen molar-refractivity contribution in [2.24, 2.45) is 0 Å². The van der Waals surface area contributed by atoms with E-state index in [-0.39, 0.29) is 6.54 Å². The molecule has 0 amide bonds. The number of aliphatic hydroxyl groups excluding tert-OH is 1. The Bertz CT molecular complexity index is 245. The zero-order chi connectivity index (χ0) is 9.78. The number of hydrogen-bond donors (Lipinski definition) is 3. The largest absolute Gasteiger partial charge is 0.480 e. The van der Waals surface area contributed by atoms with Crippen LogP contribution < -0.4 is 4.72 Å². The molecule has 0 aliphatic rings. The van der Waals surface area contributed by atoms with Crippen LogP contribution in [0.1, 0.15) is 6.92 Å². The molecule has 12 heavy (non-hydrogen) atoms. The molecule has 0 fully saturated rings. The number of aliphatic carboxylic acids is 1. The van der Waals surface area contributed by atoms with Crippen LogP contribution in [0.4, 0.5) is 0 Å². The fourth-order valence-corrected chi connectivity index (χ4v) is 1.38. The summed E-state index contributed by atoms with van der Waals surface area (Å²) in [6.45, 7) is 1.22. The lowest BCUT2D eigenvalue weighted by molar-refractivity contribution is -0.134. The minimum absolute atomic E-state index is 0.171. The minimum Gasteiger partial charge on any atom is -0.480 e. The van der Waals surface area contributed by atoms with E-state index < -0.39 is 27.8 Å². The Morgan fingerprint density at radius 1 is 1.58 bits per heavy atom. The van der Waals surface area contributed by atoms with Gasteiger partial charge in [0.25, 0.3) is 0 Å². The van der Waals surface area contributed by atoms with Crippen LogP contribution in [0.25, 0.3) is 0 Å². The number of hydrogen-bond acceptors (Lipinski definition) is 4. The fraction of sp³-hybridized carbons (Fsp3) is 0.800. The zero-order valence-electron chi connectivity index (χ0n) is 6.52. The first-order valence-electron chi connectivity index (χ1n) is 3.20. The summed E-state index contributed by atoms with van der Waals surface area (Å²) in [5.41, 5.74) is 0. The molecule has 0 aliphatic carbocycles. The maximum Gasteiger partial charge on any atom is 0.320 e. The third-order valence-corrected chi connectivity index (χ3v) is 2.15. The molecule has 0 radical (unpaired) electrons. The molecular weight excluding hydrogens is 186 g/mol. The predicted molar refractivity (Wildman–Crippen MR) is 41.1 cm³/mol. The van der Waals surface area contributed by atoms with Crippen molar-refractivity contribution in [2.75, 3.05) is 12.3 Å². The lowest BCUT2D eigenvalue weighted by Crippen LogP contribution is -2.34. The van der Waals surface area contributed by atoms with Gasteiger partial charge in [-0.2, -0.15) is 0 Å². The quantitative estimate of drug-likeness (QED) is 0.491. The van der Waals surface area contributed by atoms with E-state index >= 15 is 0 Å². The highest BCUT2D eigenvalue weighted by atomic mass is 32.2. The molecule has 0 heterocycles. The van der Waals surface area contributed by atoms with Crippen LogP contribution >= 0.6 is 0 Å². The van der Waals surface area contributed by atoms with Gasteiger partial charge in [0.05, 0.1) is 6.10 Å². The molecule has 1 atom stereocenters. The highest BCUT2D eigenvalue weighted by Crippen LogP contribution is 1.85. The Balaban J connectivity index is 3.98. The molecule has 6 nitrogen and oxygen atoms in total. The van der Waals surface area contributed by atoms with Gasteiger partial charge in [-0.3, -0.25) is 4.79 Å². The topological polar surface area (TPSA) is 104 Å². The molecule has 72 valence electrons. The molecule has 0 aromatic carbocycles. The van der Waals surface area contributed by atoms with Crippen LogP contribution in [-0.2, 0) is 14.8 Å². The summed E-state index contributed by atoms with van der Waals surface area (Å²) < 4.78 is 23.4. The molecule has 0 aromatic heterocycles. The smallest absolute Gasteiger partial charge is 0.320 e. The molecule has 0 saturated carbocycles. The van der Waals surface area contributed by atoms with Crippen LogP contribution in [0, 0.1) is 0 Å². The molecule has 0 saturated heterocycles. The zero-order valence-corrected chi connectivity index (χ0v) is 7.34. The van der Waals surface area contributed by atoms with Gasteiger partial charge in [-0.05, 0) is 6.92 Å². The molecule has 0 aliphatic heterocycles. The highest BCUT2D eigenvalue weighted by Gasteiger charge is 2.15. The van der Waals surface area contributed by atoms with E-state index in [1.54, 1.807) is 0 Å². The Labute approximate surface area is 70.3 Å². The van der Waals surface area contributed by atoms with E-state index in [9.17, 15) is 13.2 Å². The molecule has 0 bridgehead atoms. The molecule has 0 spiro atoms. The molecule has 0 rings (SSSR count). The van der Waals surface area contributed by atoms with Crippen LogP contribution in [0.2, 0.25) is 0 Å². The summed E-state index contributed by atoms with van der Waals surface area (Å²) in [4.78, 5) is 9.98. The van der Waals surface area contributed by atoms with E-state index in [0.717, 1.165) is 0 Å². The van der Waals surface area contributed by atoms with Crippen molar-refractivity contribution in [2.45, 2.75) is 13.0 Å². The Morgan fingerprint density at radius 3 is 2.42 bits per heavy atom. The van der Waals surface area contributed by atoms with Gasteiger partial charge in [0.1, 0.15) is 0 Å². The summed E-state index contributed by atoms with van der Waals surface area (Å²) in [6, 6.07) is 0. The fourth-order valence-electron chi connectivity index (χ4n) is 0.461. The summed E-state index contributed by atoms with van der Waals surface area (Å²) >= 11 is 0. The van der Waals surface area contributed by atoms with Gasteiger partial charge in [0, 0.05) is 6.54 Å². The van der Waals surface area contributed by atoms with Crippen molar-refractivity contribution in [1.82, 2.24) is 4.72 Å². The molecule has 7 heteroatoms. The second kappa shape index (κ2) is 4.39. The van der Waals surface area contributed by atoms with E-state index in [1.807, 2.05) is 4.72 Å². The number of aliphatic hydroxyl groups is 1. The van der Waals surface area contributed by atoms with E-state index in [1.165, 1.54) is 6.92 Å². The van der Waals surface area contributed by atoms with E-state index in [2.05, 4.69) is 0 Å². The maximum absolute atomic E-state index is 10.7. The summed E-state index contributed by atoms with van der Waals surface area (Å²) in [7, 11) is -3.79. The van der Waals surface area contributed by atoms with Gasteiger partial charge in [-0.15, -0.1) is 0 Å². The normalized spacial score (nSPS) is 14.2. The van der Waals surface area contributed by atoms with Gasteiger partial charge >= 0.3 is 5.97 Å². The predicted octanol–water partition coefficient (Wildman–Crippen LogP) is -1.63. The lowest BCUT2D eigenvalue weighted by atomic mass is 10.4. The monoisotopic (exact) mass is 197 g/mol. The first kappa shape index (κ1) is 11.3. The van der Waals surface area contributed by atoms with Crippen molar-refractivity contribution in [3.05, 3.63) is 0 Å². The first-order chi connectivity index (χ1) is 5.33. The van der Waals surface area contributed by atoms with Gasteiger partial charge < -0.3 is 10.2 Å². The van der Waals surface area contributed by atoms with Crippen LogP contribution in [0.5, 0.6) is 0 Å². The van der Waals surface area contributed by atoms with Crippen molar-refractivity contribution in [3.63, 3.8) is 0 Å². The van der Waals surface area contributed by atoms with Crippen molar-refractivity contribution < 1.29 is 23.4 Å². The Morgan fingerprint density at radius 2 is 2.08 bits per heavy atom. The van der Waals surface area contributed by atoms with E-state index in [4.69, 9.17) is 10.2 Å². The van der Waals surface area contributed by atoms with Crippen LogP contribution in [0.15, 0.2) is 0 Å². The summed E-state index contributed by atoms with van der Waals surface area (Å²) in [5, 5.41) is 16.8. The second-order valence-corrected chi connectivity index (χ2v) is 4.16. The van der Waals surface area contributed by atoms with Gasteiger partial charge in [-0.25, -0.2) is 13.1 Å². The van der Waals surface area contributed by atoms with Crippen molar-refractivity contribution in [3.8, 4) is 0 Å². The highest BCUT2D eigenvalue weighted by molar-refractivity contribution is 7.90. The molecule has 0 aromatic rings. The Hall–Kier alpha value is -0.660. The number of carboxylic acids is 1. The molecule has 1 unspecified atom stereocenters. The summed E-state index contributed by atoms with van der Waals surface area (Å²) in [5.74, 6) is -2.40. The number of nitrogens with one attached hydrogen (secondary N) is 1. The number of carbonyl (C=O) groups is 1. The third-order valence-electron chi connectivity index (χ3n) is 0.912. The average molecular weight is 197 g/mol. The average Bonchev–Trinajstić information content (AvgIpc) is 1.81. The van der Waals surface area contributed by atoms with E-state index in [0.29, 0.717) is 0 Å². The van der Waals surface area contributed by atoms with Gasteiger partial charge in [-0.1, -0.05) is 0 Å². The summed E-state index contributed by atoms with van der Waals surface area (Å²) in [6.07, 6.45) is -0.825. The third kappa shape index (κ3) is 6.08. The molecule has 3 N–H and O–H groups in total. The lowest BCUT2D eigenvalue weighted by Gasteiger charge is -2.05. The first-order valence-corrected chi connectivity index (χ1v) is 4.86. The van der Waals surface area contributed by atoms with Crippen molar-refractivity contribution in [1.29, 1.82) is 0 Å². The second-order valence-electron chi connectivity index (χ2n) is 2.35. The maximum atomic E-state index is 10.7. The molecular formula is C5H11NO5S. The SMILES string of the molecule is CC(O)CNS(=O)(=O)CC(=O)O. The van der Waals surface area contributed by atoms with Crippen molar-refractivity contribution >= 4 is 16.0 Å². The number of rotatable bonds is 5. The van der Waals surface area contributed by atoms with Gasteiger partial charge in [0.2, 0.25) is 10.0 Å². The Kier molecular flexibility index (Phi) is 4.15. The minimum atomic E-state index is -3.79. The van der Waals surface area contributed by atoms with Gasteiger partial charge in [0.15, 0.2) is 5.75 Å². The standard InChI is InChI=1S/C5H11NO5S/c1-4(7)2-6-12(10,11)3-5(8)9/h4,6-7H,2-3H2,1H3,(H,8,9). The number of sulfonamides is 1. The van der Waals surface area contributed by atoms with Crippen LogP contribution in [0.3, 0.4) is 0 Å². The van der Waals surface area contributed by atoms with Crippen LogP contribution in [-0.4, -0.2) is 43.0 Å².